The van der Waals surface area contributed by atoms with Crippen molar-refractivity contribution in [1.29, 1.82) is 0 Å². The lowest BCUT2D eigenvalue weighted by Crippen LogP contribution is -2.15. The summed E-state index contributed by atoms with van der Waals surface area (Å²) in [5, 5.41) is 0. The van der Waals surface area contributed by atoms with E-state index >= 15 is 0 Å². The first-order valence-corrected chi connectivity index (χ1v) is 17.2. The maximum Gasteiger partial charge on any atom is 0.333 e. The van der Waals surface area contributed by atoms with E-state index in [0.29, 0.717) is 18.1 Å². The molecule has 0 spiro atoms. The van der Waals surface area contributed by atoms with Gasteiger partial charge in [0.2, 0.25) is 0 Å². The second-order valence-corrected chi connectivity index (χ2v) is 12.8. The Labute approximate surface area is 240 Å². The number of unbranched alkanes of at least 4 members (excludes halogenated alkanes) is 16. The highest BCUT2D eigenvalue weighted by Crippen LogP contribution is 2.21. The van der Waals surface area contributed by atoms with Gasteiger partial charge >= 0.3 is 5.97 Å². The molecule has 0 amide bonds. The number of rotatable bonds is 29. The molecule has 0 aliphatic heterocycles. The largest absolute Gasteiger partial charge is 0.462 e. The molecule has 3 atom stereocenters. The van der Waals surface area contributed by atoms with Crippen molar-refractivity contribution in [3.05, 3.63) is 12.2 Å². The van der Waals surface area contributed by atoms with Gasteiger partial charge in [0.15, 0.2) is 0 Å². The first kappa shape index (κ1) is 37.2. The standard InChI is InChI=1S/C36H70O2/c1-7-33(5)27-23-19-15-11-9-10-12-17-21-25-29-35(31-38-36(37)32(3)4)30-26-22-18-14-13-16-20-24-28-34(6)8-2/h33-35H,3,7-31H2,1-2,4-6H3. The van der Waals surface area contributed by atoms with E-state index in [1.165, 1.54) is 154 Å². The van der Waals surface area contributed by atoms with E-state index in [9.17, 15) is 4.79 Å². The van der Waals surface area contributed by atoms with E-state index in [1.807, 2.05) is 0 Å². The minimum atomic E-state index is -0.219. The Morgan fingerprint density at radius 3 is 1.13 bits per heavy atom. The molecule has 0 aromatic heterocycles. The number of hydrogen-bond acceptors (Lipinski definition) is 2. The Morgan fingerprint density at radius 1 is 0.553 bits per heavy atom. The van der Waals surface area contributed by atoms with Crippen molar-refractivity contribution < 1.29 is 9.53 Å². The smallest absolute Gasteiger partial charge is 0.333 e. The molecule has 0 radical (unpaired) electrons. The first-order valence-electron chi connectivity index (χ1n) is 17.2. The fraction of sp³-hybridized carbons (Fsp3) is 0.917. The van der Waals surface area contributed by atoms with Crippen LogP contribution in [0.25, 0.3) is 0 Å². The van der Waals surface area contributed by atoms with Gasteiger partial charge in [-0.2, -0.15) is 0 Å². The molecular weight excluding hydrogens is 464 g/mol. The lowest BCUT2D eigenvalue weighted by atomic mass is 9.94. The summed E-state index contributed by atoms with van der Waals surface area (Å²) in [5.74, 6) is 2.12. The quantitative estimate of drug-likeness (QED) is 0.0541. The van der Waals surface area contributed by atoms with Crippen molar-refractivity contribution in [3.63, 3.8) is 0 Å². The molecule has 226 valence electrons. The summed E-state index contributed by atoms with van der Waals surface area (Å²) in [6.45, 7) is 15.4. The zero-order chi connectivity index (χ0) is 28.3. The second-order valence-electron chi connectivity index (χ2n) is 12.8. The number of carbonyl (C=O) groups is 1. The van der Waals surface area contributed by atoms with Gasteiger partial charge in [-0.3, -0.25) is 0 Å². The molecule has 0 aliphatic rings. The van der Waals surface area contributed by atoms with E-state index in [0.717, 1.165) is 11.8 Å². The molecule has 0 saturated carbocycles. The zero-order valence-electron chi connectivity index (χ0n) is 26.9. The Bertz CT molecular complexity index is 525. The van der Waals surface area contributed by atoms with Gasteiger partial charge in [-0.05, 0) is 37.5 Å². The summed E-state index contributed by atoms with van der Waals surface area (Å²) in [4.78, 5) is 11.9. The van der Waals surface area contributed by atoms with Crippen LogP contribution in [0.2, 0.25) is 0 Å². The van der Waals surface area contributed by atoms with Gasteiger partial charge in [0, 0.05) is 5.57 Å². The SMILES string of the molecule is C=C(C)C(=O)OCC(CCCCCCCCCCCCC(C)CC)CCCCCCCCCCC(C)CC. The summed E-state index contributed by atoms with van der Waals surface area (Å²) in [5.41, 5.74) is 0.517. The lowest BCUT2D eigenvalue weighted by molar-refractivity contribution is -0.140. The summed E-state index contributed by atoms with van der Waals surface area (Å²) in [6, 6.07) is 0. The Balaban J connectivity index is 3.84. The molecule has 0 saturated heterocycles. The lowest BCUT2D eigenvalue weighted by Gasteiger charge is -2.17. The molecule has 0 fully saturated rings. The fourth-order valence-electron chi connectivity index (χ4n) is 5.36. The molecule has 0 aromatic rings. The maximum atomic E-state index is 11.9. The van der Waals surface area contributed by atoms with Crippen LogP contribution in [0.5, 0.6) is 0 Å². The number of esters is 1. The van der Waals surface area contributed by atoms with Gasteiger partial charge in [-0.15, -0.1) is 0 Å². The van der Waals surface area contributed by atoms with Crippen molar-refractivity contribution in [2.75, 3.05) is 6.61 Å². The predicted molar refractivity (Wildman–Crippen MR) is 170 cm³/mol. The summed E-state index contributed by atoms with van der Waals surface area (Å²) < 4.78 is 5.55. The number of carbonyl (C=O) groups excluding carboxylic acids is 1. The third-order valence-corrected chi connectivity index (χ3v) is 8.81. The highest BCUT2D eigenvalue weighted by Gasteiger charge is 2.12. The van der Waals surface area contributed by atoms with Crippen LogP contribution in [0.15, 0.2) is 12.2 Å². The van der Waals surface area contributed by atoms with Gasteiger partial charge in [-0.1, -0.05) is 176 Å². The van der Waals surface area contributed by atoms with Gasteiger partial charge in [-0.25, -0.2) is 4.79 Å². The van der Waals surface area contributed by atoms with E-state index in [4.69, 9.17) is 4.74 Å². The molecule has 2 heteroatoms. The molecule has 3 unspecified atom stereocenters. The molecule has 0 aliphatic carbocycles. The van der Waals surface area contributed by atoms with Gasteiger partial charge < -0.3 is 4.74 Å². The molecule has 0 aromatic carbocycles. The van der Waals surface area contributed by atoms with E-state index < -0.39 is 0 Å². The summed E-state index contributed by atoms with van der Waals surface area (Å²) >= 11 is 0. The number of ether oxygens (including phenoxy) is 1. The molecule has 0 N–H and O–H groups in total. The fourth-order valence-corrected chi connectivity index (χ4v) is 5.36. The van der Waals surface area contributed by atoms with Crippen molar-refractivity contribution in [2.24, 2.45) is 17.8 Å². The second kappa shape index (κ2) is 27.8. The molecule has 0 bridgehead atoms. The van der Waals surface area contributed by atoms with Gasteiger partial charge in [0.05, 0.1) is 6.61 Å². The van der Waals surface area contributed by atoms with E-state index in [1.54, 1.807) is 6.92 Å². The zero-order valence-corrected chi connectivity index (χ0v) is 26.9. The monoisotopic (exact) mass is 535 g/mol. The van der Waals surface area contributed by atoms with Crippen molar-refractivity contribution >= 4 is 5.97 Å². The topological polar surface area (TPSA) is 26.3 Å². The molecule has 2 nitrogen and oxygen atoms in total. The first-order chi connectivity index (χ1) is 18.4. The van der Waals surface area contributed by atoms with Crippen LogP contribution in [0, 0.1) is 17.8 Å². The molecular formula is C36H70O2. The van der Waals surface area contributed by atoms with Crippen LogP contribution in [0.1, 0.15) is 189 Å². The predicted octanol–water partition coefficient (Wildman–Crippen LogP) is 12.4. The summed E-state index contributed by atoms with van der Waals surface area (Å²) in [7, 11) is 0. The Hall–Kier alpha value is -0.790. The van der Waals surface area contributed by atoms with E-state index in [2.05, 4.69) is 34.3 Å². The van der Waals surface area contributed by atoms with E-state index in [-0.39, 0.29) is 5.97 Å². The normalized spacial score (nSPS) is 13.8. The summed E-state index contributed by atoms with van der Waals surface area (Å²) in [6.07, 6.45) is 32.8. The number of hydrogen-bond donors (Lipinski definition) is 0. The van der Waals surface area contributed by atoms with Crippen LogP contribution >= 0.6 is 0 Å². The minimum Gasteiger partial charge on any atom is -0.462 e. The highest BCUT2D eigenvalue weighted by atomic mass is 16.5. The Morgan fingerprint density at radius 2 is 0.842 bits per heavy atom. The third kappa shape index (κ3) is 25.5. The third-order valence-electron chi connectivity index (χ3n) is 8.81. The molecule has 0 heterocycles. The average Bonchev–Trinajstić information content (AvgIpc) is 2.91. The van der Waals surface area contributed by atoms with Crippen molar-refractivity contribution in [3.8, 4) is 0 Å². The van der Waals surface area contributed by atoms with Crippen LogP contribution in [-0.2, 0) is 9.53 Å². The van der Waals surface area contributed by atoms with Gasteiger partial charge in [0.1, 0.15) is 0 Å². The van der Waals surface area contributed by atoms with Gasteiger partial charge in [0.25, 0.3) is 0 Å². The highest BCUT2D eigenvalue weighted by molar-refractivity contribution is 5.86. The van der Waals surface area contributed by atoms with Crippen LogP contribution < -0.4 is 0 Å². The van der Waals surface area contributed by atoms with Crippen molar-refractivity contribution in [1.82, 2.24) is 0 Å². The molecule has 38 heavy (non-hydrogen) atoms. The average molecular weight is 535 g/mol. The van der Waals surface area contributed by atoms with Crippen LogP contribution in [0.4, 0.5) is 0 Å². The van der Waals surface area contributed by atoms with Crippen LogP contribution in [0.3, 0.4) is 0 Å². The van der Waals surface area contributed by atoms with Crippen molar-refractivity contribution in [2.45, 2.75) is 189 Å². The maximum absolute atomic E-state index is 11.9. The Kier molecular flexibility index (Phi) is 27.2. The molecule has 0 rings (SSSR count). The minimum absolute atomic E-state index is 0.219. The van der Waals surface area contributed by atoms with Crippen LogP contribution in [-0.4, -0.2) is 12.6 Å².